The van der Waals surface area contributed by atoms with E-state index in [0.717, 1.165) is 25.9 Å². The van der Waals surface area contributed by atoms with Crippen molar-refractivity contribution in [2.75, 3.05) is 13.2 Å². The SMILES string of the molecule is C=CCCCC1(CO)CO1. The van der Waals surface area contributed by atoms with Gasteiger partial charge in [-0.05, 0) is 19.3 Å². The van der Waals surface area contributed by atoms with Crippen molar-refractivity contribution < 1.29 is 9.84 Å². The van der Waals surface area contributed by atoms with Gasteiger partial charge in [0.25, 0.3) is 0 Å². The summed E-state index contributed by atoms with van der Waals surface area (Å²) in [6.45, 7) is 4.53. The van der Waals surface area contributed by atoms with Crippen molar-refractivity contribution in [3.63, 3.8) is 0 Å². The van der Waals surface area contributed by atoms with Crippen molar-refractivity contribution in [2.45, 2.75) is 24.9 Å². The minimum atomic E-state index is -0.150. The average Bonchev–Trinajstić information content (AvgIpc) is 2.70. The number of rotatable bonds is 5. The Morgan fingerprint density at radius 3 is 2.80 bits per heavy atom. The van der Waals surface area contributed by atoms with Gasteiger partial charge in [0.2, 0.25) is 0 Å². The molecule has 0 aromatic rings. The van der Waals surface area contributed by atoms with E-state index in [2.05, 4.69) is 6.58 Å². The highest BCUT2D eigenvalue weighted by atomic mass is 16.6. The smallest absolute Gasteiger partial charge is 0.115 e. The maximum atomic E-state index is 8.81. The second kappa shape index (κ2) is 3.17. The highest BCUT2D eigenvalue weighted by Crippen LogP contribution is 2.31. The molecule has 0 saturated carbocycles. The summed E-state index contributed by atoms with van der Waals surface area (Å²) in [5, 5.41) is 8.81. The Balaban J connectivity index is 2.06. The Morgan fingerprint density at radius 2 is 2.40 bits per heavy atom. The summed E-state index contributed by atoms with van der Waals surface area (Å²) in [4.78, 5) is 0. The van der Waals surface area contributed by atoms with E-state index in [4.69, 9.17) is 9.84 Å². The summed E-state index contributed by atoms with van der Waals surface area (Å²) in [5.74, 6) is 0. The topological polar surface area (TPSA) is 32.8 Å². The van der Waals surface area contributed by atoms with Crippen LogP contribution in [0, 0.1) is 0 Å². The van der Waals surface area contributed by atoms with Crippen molar-refractivity contribution in [2.24, 2.45) is 0 Å². The summed E-state index contributed by atoms with van der Waals surface area (Å²) < 4.78 is 5.11. The highest BCUT2D eigenvalue weighted by molar-refractivity contribution is 4.91. The number of hydrogen-bond acceptors (Lipinski definition) is 2. The predicted octanol–water partition coefficient (Wildman–Crippen LogP) is 1.10. The van der Waals surface area contributed by atoms with E-state index < -0.39 is 0 Å². The molecule has 0 amide bonds. The third kappa shape index (κ3) is 1.82. The lowest BCUT2D eigenvalue weighted by Gasteiger charge is -2.04. The van der Waals surface area contributed by atoms with Crippen LogP contribution >= 0.6 is 0 Å². The lowest BCUT2D eigenvalue weighted by atomic mass is 10.0. The molecule has 1 heterocycles. The molecule has 1 aliphatic heterocycles. The molecule has 0 spiro atoms. The largest absolute Gasteiger partial charge is 0.393 e. The molecule has 2 nitrogen and oxygen atoms in total. The van der Waals surface area contributed by atoms with Crippen molar-refractivity contribution >= 4 is 0 Å². The summed E-state index contributed by atoms with van der Waals surface area (Å²) in [5.41, 5.74) is -0.150. The monoisotopic (exact) mass is 142 g/mol. The molecule has 1 saturated heterocycles. The first kappa shape index (κ1) is 7.76. The zero-order chi connectivity index (χ0) is 7.45. The summed E-state index contributed by atoms with van der Waals surface area (Å²) in [6.07, 6.45) is 4.96. The third-order valence-electron chi connectivity index (χ3n) is 1.88. The van der Waals surface area contributed by atoms with Gasteiger partial charge >= 0.3 is 0 Å². The molecule has 1 aliphatic rings. The Bertz CT molecular complexity index is 116. The minimum absolute atomic E-state index is 0.150. The Hall–Kier alpha value is -0.340. The van der Waals surface area contributed by atoms with E-state index in [0.29, 0.717) is 0 Å². The number of allylic oxidation sites excluding steroid dienone is 1. The fourth-order valence-electron chi connectivity index (χ4n) is 0.985. The van der Waals surface area contributed by atoms with Crippen molar-refractivity contribution in [3.05, 3.63) is 12.7 Å². The van der Waals surface area contributed by atoms with Gasteiger partial charge < -0.3 is 9.84 Å². The predicted molar refractivity (Wildman–Crippen MR) is 39.8 cm³/mol. The Kier molecular flexibility index (Phi) is 2.46. The van der Waals surface area contributed by atoms with E-state index in [9.17, 15) is 0 Å². The fourth-order valence-corrected chi connectivity index (χ4v) is 0.985. The number of hydrogen-bond donors (Lipinski definition) is 1. The van der Waals surface area contributed by atoms with Crippen molar-refractivity contribution in [3.8, 4) is 0 Å². The van der Waals surface area contributed by atoms with Crippen LogP contribution in [-0.4, -0.2) is 23.9 Å². The number of epoxide rings is 1. The molecule has 0 aromatic heterocycles. The molecule has 10 heavy (non-hydrogen) atoms. The number of aliphatic hydroxyl groups is 1. The molecule has 0 bridgehead atoms. The normalized spacial score (nSPS) is 30.1. The molecule has 0 radical (unpaired) electrons. The van der Waals surface area contributed by atoms with E-state index >= 15 is 0 Å². The molecule has 0 aliphatic carbocycles. The van der Waals surface area contributed by atoms with Crippen LogP contribution in [0.25, 0.3) is 0 Å². The highest BCUT2D eigenvalue weighted by Gasteiger charge is 2.42. The van der Waals surface area contributed by atoms with Crippen LogP contribution in [0.15, 0.2) is 12.7 Å². The molecule has 1 atom stereocenters. The van der Waals surface area contributed by atoms with Gasteiger partial charge in [0.15, 0.2) is 0 Å². The summed E-state index contributed by atoms with van der Waals surface area (Å²) in [6, 6.07) is 0. The number of unbranched alkanes of at least 4 members (excludes halogenated alkanes) is 1. The molecular weight excluding hydrogens is 128 g/mol. The first-order valence-electron chi connectivity index (χ1n) is 3.69. The molecule has 1 fully saturated rings. The number of ether oxygens (including phenoxy) is 1. The maximum absolute atomic E-state index is 8.81. The van der Waals surface area contributed by atoms with Gasteiger partial charge in [0.05, 0.1) is 13.2 Å². The zero-order valence-electron chi connectivity index (χ0n) is 6.18. The van der Waals surface area contributed by atoms with Gasteiger partial charge in [-0.1, -0.05) is 6.08 Å². The molecule has 1 N–H and O–H groups in total. The van der Waals surface area contributed by atoms with Gasteiger partial charge in [-0.3, -0.25) is 0 Å². The molecule has 2 heteroatoms. The third-order valence-corrected chi connectivity index (χ3v) is 1.88. The van der Waals surface area contributed by atoms with Crippen molar-refractivity contribution in [1.29, 1.82) is 0 Å². The van der Waals surface area contributed by atoms with Crippen LogP contribution < -0.4 is 0 Å². The molecule has 58 valence electrons. The second-order valence-corrected chi connectivity index (χ2v) is 2.81. The van der Waals surface area contributed by atoms with Crippen LogP contribution in [0.1, 0.15) is 19.3 Å². The fraction of sp³-hybridized carbons (Fsp3) is 0.750. The van der Waals surface area contributed by atoms with Crippen LogP contribution in [-0.2, 0) is 4.74 Å². The minimum Gasteiger partial charge on any atom is -0.393 e. The van der Waals surface area contributed by atoms with Crippen LogP contribution in [0.3, 0.4) is 0 Å². The van der Waals surface area contributed by atoms with Gasteiger partial charge in [-0.2, -0.15) is 0 Å². The van der Waals surface area contributed by atoms with Crippen molar-refractivity contribution in [1.82, 2.24) is 0 Å². The summed E-state index contributed by atoms with van der Waals surface area (Å²) in [7, 11) is 0. The Labute approximate surface area is 61.5 Å². The van der Waals surface area contributed by atoms with Gasteiger partial charge in [0, 0.05) is 0 Å². The average molecular weight is 142 g/mol. The molecular formula is C8H14O2. The van der Waals surface area contributed by atoms with Crippen LogP contribution in [0.2, 0.25) is 0 Å². The standard InChI is InChI=1S/C8H14O2/c1-2-3-4-5-8(6-9)7-10-8/h2,9H,1,3-7H2. The molecule has 1 unspecified atom stereocenters. The second-order valence-electron chi connectivity index (χ2n) is 2.81. The van der Waals surface area contributed by atoms with E-state index in [1.807, 2.05) is 6.08 Å². The van der Waals surface area contributed by atoms with E-state index in [-0.39, 0.29) is 12.2 Å². The zero-order valence-corrected chi connectivity index (χ0v) is 6.18. The maximum Gasteiger partial charge on any atom is 0.115 e. The van der Waals surface area contributed by atoms with Gasteiger partial charge in [-0.15, -0.1) is 6.58 Å². The lowest BCUT2D eigenvalue weighted by molar-refractivity contribution is 0.162. The first-order chi connectivity index (χ1) is 4.83. The van der Waals surface area contributed by atoms with Crippen LogP contribution in [0.5, 0.6) is 0 Å². The quantitative estimate of drug-likeness (QED) is 0.354. The molecule has 1 rings (SSSR count). The summed E-state index contributed by atoms with van der Waals surface area (Å²) >= 11 is 0. The Morgan fingerprint density at radius 1 is 1.70 bits per heavy atom. The number of aliphatic hydroxyl groups excluding tert-OH is 1. The van der Waals surface area contributed by atoms with Gasteiger partial charge in [0.1, 0.15) is 5.60 Å². The van der Waals surface area contributed by atoms with Crippen LogP contribution in [0.4, 0.5) is 0 Å². The van der Waals surface area contributed by atoms with Gasteiger partial charge in [-0.25, -0.2) is 0 Å². The van der Waals surface area contributed by atoms with E-state index in [1.54, 1.807) is 0 Å². The lowest BCUT2D eigenvalue weighted by Crippen LogP contribution is -2.15. The molecule has 0 aromatic carbocycles. The first-order valence-corrected chi connectivity index (χ1v) is 3.69. The van der Waals surface area contributed by atoms with E-state index in [1.165, 1.54) is 0 Å².